The van der Waals surface area contributed by atoms with E-state index in [1.165, 1.54) is 49.2 Å². The number of benzene rings is 4. The lowest BCUT2D eigenvalue weighted by molar-refractivity contribution is 0.812. The van der Waals surface area contributed by atoms with Crippen LogP contribution in [-0.4, -0.2) is 9.55 Å². The fraction of sp³-hybridized carbons (Fsp3) is 0.206. The molecule has 3 heteroatoms. The predicted octanol–water partition coefficient (Wildman–Crippen LogP) is 10.1. The molecule has 0 saturated carbocycles. The van der Waals surface area contributed by atoms with Gasteiger partial charge in [0, 0.05) is 21.0 Å². The summed E-state index contributed by atoms with van der Waals surface area (Å²) >= 11 is 1.80. The molecule has 6 aromatic rings. The Kier molecular flexibility index (Phi) is 5.97. The van der Waals surface area contributed by atoms with Gasteiger partial charge in [-0.2, -0.15) is 0 Å². The van der Waals surface area contributed by atoms with Gasteiger partial charge in [-0.15, -0.1) is 11.3 Å². The van der Waals surface area contributed by atoms with Crippen molar-refractivity contribution >= 4 is 32.5 Å². The lowest BCUT2D eigenvalue weighted by Gasteiger charge is -2.24. The third-order valence-corrected chi connectivity index (χ3v) is 8.22. The Morgan fingerprint density at radius 3 is 2.11 bits per heavy atom. The highest BCUT2D eigenvalue weighted by molar-refractivity contribution is 7.17. The van der Waals surface area contributed by atoms with Gasteiger partial charge in [0.1, 0.15) is 5.82 Å². The highest BCUT2D eigenvalue weighted by Crippen LogP contribution is 2.42. The number of imidazole rings is 1. The first kappa shape index (κ1) is 23.7. The van der Waals surface area contributed by atoms with Crippen molar-refractivity contribution in [1.82, 2.24) is 9.55 Å². The highest BCUT2D eigenvalue weighted by atomic mass is 32.1. The zero-order valence-electron chi connectivity index (χ0n) is 22.1. The van der Waals surface area contributed by atoms with Gasteiger partial charge in [-0.3, -0.25) is 4.57 Å². The molecule has 0 N–H and O–H groups in total. The predicted molar refractivity (Wildman–Crippen MR) is 160 cm³/mol. The van der Waals surface area contributed by atoms with Gasteiger partial charge in [0.25, 0.3) is 0 Å². The molecule has 0 amide bonds. The number of fused-ring (bicyclic) bond motifs is 2. The van der Waals surface area contributed by atoms with Gasteiger partial charge in [0.2, 0.25) is 0 Å². The number of thiophene rings is 1. The Morgan fingerprint density at radius 2 is 1.41 bits per heavy atom. The van der Waals surface area contributed by atoms with Crippen LogP contribution in [0.25, 0.3) is 49.3 Å². The van der Waals surface area contributed by atoms with E-state index in [2.05, 4.69) is 129 Å². The topological polar surface area (TPSA) is 17.8 Å². The molecule has 0 fully saturated rings. The van der Waals surface area contributed by atoms with Crippen molar-refractivity contribution in [1.29, 1.82) is 0 Å². The van der Waals surface area contributed by atoms with Crippen molar-refractivity contribution < 1.29 is 0 Å². The average molecular weight is 501 g/mol. The molecule has 0 atom stereocenters. The number of nitrogens with zero attached hydrogens (tertiary/aromatic N) is 2. The lowest BCUT2D eigenvalue weighted by Crippen LogP contribution is -2.09. The van der Waals surface area contributed by atoms with Crippen LogP contribution in [0.3, 0.4) is 0 Å². The molecule has 0 aliphatic carbocycles. The first-order chi connectivity index (χ1) is 17.9. The molecule has 0 spiro atoms. The second-order valence-corrected chi connectivity index (χ2v) is 11.5. The molecule has 37 heavy (non-hydrogen) atoms. The van der Waals surface area contributed by atoms with Crippen LogP contribution >= 0.6 is 11.3 Å². The minimum Gasteiger partial charge on any atom is -0.292 e. The summed E-state index contributed by atoms with van der Waals surface area (Å²) in [6.45, 7) is 11.4. The van der Waals surface area contributed by atoms with Gasteiger partial charge in [-0.25, -0.2) is 4.98 Å². The van der Waals surface area contributed by atoms with Crippen molar-refractivity contribution in [2.75, 3.05) is 0 Å². The number of aryl methyl sites for hydroxylation is 1. The van der Waals surface area contributed by atoms with E-state index in [4.69, 9.17) is 4.98 Å². The summed E-state index contributed by atoms with van der Waals surface area (Å²) < 4.78 is 3.75. The minimum atomic E-state index is 0.354. The Morgan fingerprint density at radius 1 is 0.730 bits per heavy atom. The van der Waals surface area contributed by atoms with E-state index in [0.29, 0.717) is 11.8 Å². The molecule has 4 aromatic carbocycles. The normalized spacial score (nSPS) is 11.9. The smallest absolute Gasteiger partial charge is 0.147 e. The first-order valence-electron chi connectivity index (χ1n) is 13.1. The van der Waals surface area contributed by atoms with E-state index in [1.54, 1.807) is 11.3 Å². The zero-order valence-corrected chi connectivity index (χ0v) is 22.9. The summed E-state index contributed by atoms with van der Waals surface area (Å²) in [7, 11) is 0. The Labute approximate surface area is 223 Å². The van der Waals surface area contributed by atoms with Crippen LogP contribution in [0.4, 0.5) is 0 Å². The van der Waals surface area contributed by atoms with Gasteiger partial charge >= 0.3 is 0 Å². The number of rotatable bonds is 5. The molecule has 6 rings (SSSR count). The molecule has 0 saturated heterocycles. The van der Waals surface area contributed by atoms with E-state index < -0.39 is 0 Å². The van der Waals surface area contributed by atoms with Crippen molar-refractivity contribution in [3.05, 3.63) is 107 Å². The third-order valence-electron chi connectivity index (χ3n) is 7.28. The summed E-state index contributed by atoms with van der Waals surface area (Å²) in [4.78, 5) is 5.26. The van der Waals surface area contributed by atoms with Gasteiger partial charge < -0.3 is 0 Å². The molecule has 0 radical (unpaired) electrons. The van der Waals surface area contributed by atoms with Gasteiger partial charge in [-0.05, 0) is 76.9 Å². The van der Waals surface area contributed by atoms with Crippen molar-refractivity contribution in [2.24, 2.45) is 0 Å². The first-order valence-corrected chi connectivity index (χ1v) is 14.0. The fourth-order valence-electron chi connectivity index (χ4n) is 5.36. The van der Waals surface area contributed by atoms with E-state index in [9.17, 15) is 0 Å². The average Bonchev–Trinajstić information content (AvgIpc) is 3.49. The highest BCUT2D eigenvalue weighted by Gasteiger charge is 2.24. The molecule has 0 aliphatic rings. The number of aromatic nitrogens is 2. The molecule has 2 nitrogen and oxygen atoms in total. The van der Waals surface area contributed by atoms with Crippen LogP contribution in [0.5, 0.6) is 0 Å². The molecule has 0 unspecified atom stereocenters. The molecular weight excluding hydrogens is 468 g/mol. The van der Waals surface area contributed by atoms with Crippen LogP contribution in [0.1, 0.15) is 56.2 Å². The zero-order chi connectivity index (χ0) is 25.7. The monoisotopic (exact) mass is 500 g/mol. The summed E-state index contributed by atoms with van der Waals surface area (Å²) in [5.74, 6) is 1.73. The largest absolute Gasteiger partial charge is 0.292 e. The summed E-state index contributed by atoms with van der Waals surface area (Å²) in [6.07, 6.45) is 0. The van der Waals surface area contributed by atoms with Crippen molar-refractivity contribution in [2.45, 2.75) is 46.5 Å². The maximum atomic E-state index is 5.26. The van der Waals surface area contributed by atoms with E-state index in [-0.39, 0.29) is 0 Å². The molecule has 0 aliphatic heterocycles. The number of hydrogen-bond acceptors (Lipinski definition) is 2. The van der Waals surface area contributed by atoms with E-state index in [1.807, 2.05) is 0 Å². The molecule has 0 bridgehead atoms. The Bertz CT molecular complexity index is 1710. The molecule has 184 valence electrons. The molecular formula is C34H32N2S. The van der Waals surface area contributed by atoms with Crippen molar-refractivity contribution in [3.8, 4) is 28.2 Å². The second-order valence-electron chi connectivity index (χ2n) is 10.6. The third kappa shape index (κ3) is 4.08. The van der Waals surface area contributed by atoms with Crippen LogP contribution in [0, 0.1) is 6.92 Å². The standard InChI is InChI=1S/C34H32N2S/c1-21(2)27-18-25(24-11-7-6-8-12-24)19-28(22(3)4)33(27)36-31-14-10-9-13-30(31)35-34(36)29-20-37-32-17-23(5)15-16-26(29)32/h6-22H,1-5H3. The minimum absolute atomic E-state index is 0.354. The van der Waals surface area contributed by atoms with Crippen molar-refractivity contribution in [3.63, 3.8) is 0 Å². The quantitative estimate of drug-likeness (QED) is 0.230. The number of hydrogen-bond donors (Lipinski definition) is 0. The van der Waals surface area contributed by atoms with Crippen LogP contribution in [-0.2, 0) is 0 Å². The van der Waals surface area contributed by atoms with Crippen LogP contribution in [0.2, 0.25) is 0 Å². The Balaban J connectivity index is 1.72. The van der Waals surface area contributed by atoms with Crippen LogP contribution < -0.4 is 0 Å². The Hall–Kier alpha value is -3.69. The van der Waals surface area contributed by atoms with E-state index >= 15 is 0 Å². The van der Waals surface area contributed by atoms with Gasteiger partial charge in [0.05, 0.1) is 16.7 Å². The lowest BCUT2D eigenvalue weighted by atomic mass is 9.88. The van der Waals surface area contributed by atoms with E-state index in [0.717, 1.165) is 16.9 Å². The maximum Gasteiger partial charge on any atom is 0.147 e. The summed E-state index contributed by atoms with van der Waals surface area (Å²) in [6, 6.07) is 30.9. The summed E-state index contributed by atoms with van der Waals surface area (Å²) in [5.41, 5.74) is 11.2. The van der Waals surface area contributed by atoms with Gasteiger partial charge in [0.15, 0.2) is 0 Å². The fourth-order valence-corrected chi connectivity index (χ4v) is 6.39. The molecule has 2 aromatic heterocycles. The van der Waals surface area contributed by atoms with Crippen LogP contribution in [0.15, 0.2) is 90.3 Å². The maximum absolute atomic E-state index is 5.26. The molecule has 2 heterocycles. The SMILES string of the molecule is Cc1ccc2c(-c3nc4ccccc4n3-c3c(C(C)C)cc(-c4ccccc4)cc3C(C)C)csc2c1. The summed E-state index contributed by atoms with van der Waals surface area (Å²) in [5, 5.41) is 3.55. The van der Waals surface area contributed by atoms with Gasteiger partial charge in [-0.1, -0.05) is 82.3 Å². The number of para-hydroxylation sites is 2. The second kappa shape index (κ2) is 9.32.